The third-order valence-corrected chi connectivity index (χ3v) is 5.40. The molecule has 0 aliphatic heterocycles. The van der Waals surface area contributed by atoms with E-state index in [-0.39, 0.29) is 31.0 Å². The predicted octanol–water partition coefficient (Wildman–Crippen LogP) is 4.22. The lowest BCUT2D eigenvalue weighted by atomic mass is 10.1. The van der Waals surface area contributed by atoms with Crippen LogP contribution in [-0.4, -0.2) is 30.9 Å². The van der Waals surface area contributed by atoms with Gasteiger partial charge in [0, 0.05) is 23.9 Å². The number of aryl methyl sites for hydroxylation is 1. The highest BCUT2D eigenvalue weighted by Crippen LogP contribution is 2.34. The summed E-state index contributed by atoms with van der Waals surface area (Å²) in [6.45, 7) is 5.89. The van der Waals surface area contributed by atoms with Crippen LogP contribution in [0, 0.1) is 18.6 Å². The smallest absolute Gasteiger partial charge is 0.341 e. The number of esters is 1. The fourth-order valence-corrected chi connectivity index (χ4v) is 4.07. The molecule has 0 aliphatic carbocycles. The van der Waals surface area contributed by atoms with Crippen LogP contribution in [0.2, 0.25) is 0 Å². The van der Waals surface area contributed by atoms with Gasteiger partial charge in [0.1, 0.15) is 16.6 Å². The summed E-state index contributed by atoms with van der Waals surface area (Å²) >= 11 is 1.32. The average Bonchev–Trinajstić information content (AvgIpc) is 3.00. The third kappa shape index (κ3) is 5.85. The zero-order valence-electron chi connectivity index (χ0n) is 17.1. The second-order valence-electron chi connectivity index (χ2n) is 6.45. The van der Waals surface area contributed by atoms with Crippen LogP contribution in [0.15, 0.2) is 18.2 Å². The number of amides is 2. The van der Waals surface area contributed by atoms with E-state index in [1.54, 1.807) is 6.92 Å². The van der Waals surface area contributed by atoms with Gasteiger partial charge in [-0.1, -0.05) is 6.92 Å². The summed E-state index contributed by atoms with van der Waals surface area (Å²) in [7, 11) is 0. The van der Waals surface area contributed by atoms with Crippen molar-refractivity contribution in [1.82, 2.24) is 5.32 Å². The van der Waals surface area contributed by atoms with E-state index in [0.717, 1.165) is 22.6 Å². The predicted molar refractivity (Wildman–Crippen MR) is 111 cm³/mol. The van der Waals surface area contributed by atoms with Crippen LogP contribution in [-0.2, 0) is 16.0 Å². The maximum atomic E-state index is 13.6. The Balaban J connectivity index is 1.91. The summed E-state index contributed by atoms with van der Waals surface area (Å²) in [5.74, 6) is -3.18. The van der Waals surface area contributed by atoms with Gasteiger partial charge < -0.3 is 15.4 Å². The Bertz CT molecular complexity index is 943. The summed E-state index contributed by atoms with van der Waals surface area (Å²) in [5, 5.41) is 5.69. The maximum absolute atomic E-state index is 13.6. The fraction of sp³-hybridized carbons (Fsp3) is 0.381. The van der Waals surface area contributed by atoms with Crippen LogP contribution in [0.1, 0.15) is 57.8 Å². The summed E-state index contributed by atoms with van der Waals surface area (Å²) < 4.78 is 31.6. The number of benzene rings is 1. The van der Waals surface area contributed by atoms with Gasteiger partial charge in [-0.25, -0.2) is 13.6 Å². The minimum atomic E-state index is -0.948. The first-order valence-electron chi connectivity index (χ1n) is 9.60. The number of hydrogen-bond acceptors (Lipinski definition) is 5. The van der Waals surface area contributed by atoms with E-state index >= 15 is 0 Å². The first-order chi connectivity index (χ1) is 14.3. The Morgan fingerprint density at radius 3 is 2.53 bits per heavy atom. The van der Waals surface area contributed by atoms with Crippen molar-refractivity contribution in [3.8, 4) is 0 Å². The highest BCUT2D eigenvalue weighted by molar-refractivity contribution is 7.16. The van der Waals surface area contributed by atoms with Crippen LogP contribution >= 0.6 is 11.3 Å². The molecule has 0 aliphatic rings. The van der Waals surface area contributed by atoms with E-state index in [2.05, 4.69) is 10.6 Å². The molecule has 30 heavy (non-hydrogen) atoms. The van der Waals surface area contributed by atoms with Crippen LogP contribution in [0.5, 0.6) is 0 Å². The molecule has 0 unspecified atom stereocenters. The van der Waals surface area contributed by atoms with Crippen LogP contribution in [0.4, 0.5) is 13.8 Å². The maximum Gasteiger partial charge on any atom is 0.341 e. The number of carbonyl (C=O) groups excluding carboxylic acids is 3. The minimum Gasteiger partial charge on any atom is -0.462 e. The van der Waals surface area contributed by atoms with Gasteiger partial charge in [0.15, 0.2) is 0 Å². The number of halogens is 2. The van der Waals surface area contributed by atoms with Gasteiger partial charge in [0.05, 0.1) is 17.7 Å². The summed E-state index contributed by atoms with van der Waals surface area (Å²) in [5.41, 5.74) is 0.971. The molecule has 1 aromatic heterocycles. The highest BCUT2D eigenvalue weighted by atomic mass is 32.1. The fourth-order valence-electron chi connectivity index (χ4n) is 2.92. The van der Waals surface area contributed by atoms with E-state index in [0.29, 0.717) is 29.5 Å². The van der Waals surface area contributed by atoms with E-state index < -0.39 is 23.5 Å². The molecule has 0 saturated carbocycles. The van der Waals surface area contributed by atoms with Crippen LogP contribution < -0.4 is 10.6 Å². The molecule has 2 N–H and O–H groups in total. The SMILES string of the molecule is CCOC(=O)c1c(NC(=O)CCCNC(=O)c2ccc(F)cc2F)sc(C)c1CC. The lowest BCUT2D eigenvalue weighted by molar-refractivity contribution is -0.116. The minimum absolute atomic E-state index is 0.0901. The molecule has 2 aromatic rings. The van der Waals surface area contributed by atoms with Crippen LogP contribution in [0.3, 0.4) is 0 Å². The lowest BCUT2D eigenvalue weighted by Crippen LogP contribution is -2.26. The van der Waals surface area contributed by atoms with Gasteiger partial charge in [-0.05, 0) is 44.4 Å². The van der Waals surface area contributed by atoms with Crippen molar-refractivity contribution < 1.29 is 27.9 Å². The summed E-state index contributed by atoms with van der Waals surface area (Å²) in [4.78, 5) is 37.5. The third-order valence-electron chi connectivity index (χ3n) is 4.34. The Morgan fingerprint density at radius 1 is 1.17 bits per heavy atom. The van der Waals surface area contributed by atoms with Crippen LogP contribution in [0.25, 0.3) is 0 Å². The number of ether oxygens (including phenoxy) is 1. The van der Waals surface area contributed by atoms with Crippen molar-refractivity contribution in [2.24, 2.45) is 0 Å². The normalized spacial score (nSPS) is 10.6. The zero-order valence-corrected chi connectivity index (χ0v) is 17.9. The van der Waals surface area contributed by atoms with E-state index in [1.165, 1.54) is 11.3 Å². The molecule has 0 bridgehead atoms. The number of hydrogen-bond donors (Lipinski definition) is 2. The molecule has 6 nitrogen and oxygen atoms in total. The molecule has 0 fully saturated rings. The molecule has 1 heterocycles. The van der Waals surface area contributed by atoms with Gasteiger partial charge in [0.2, 0.25) is 5.91 Å². The highest BCUT2D eigenvalue weighted by Gasteiger charge is 2.23. The van der Waals surface area contributed by atoms with Gasteiger partial charge in [0.25, 0.3) is 5.91 Å². The number of anilines is 1. The molecule has 0 atom stereocenters. The van der Waals surface area contributed by atoms with Crippen molar-refractivity contribution in [2.75, 3.05) is 18.5 Å². The second kappa shape index (κ2) is 10.8. The molecule has 1 aromatic carbocycles. The van der Waals surface area contributed by atoms with Gasteiger partial charge in [-0.3, -0.25) is 9.59 Å². The standard InChI is InChI=1S/C21H24F2N2O4S/c1-4-14-12(3)30-20(18(14)21(28)29-5-2)25-17(26)7-6-10-24-19(27)15-9-8-13(22)11-16(15)23/h8-9,11H,4-7,10H2,1-3H3,(H,24,27)(H,25,26). The molecule has 162 valence electrons. The molecule has 0 saturated heterocycles. The number of thiophene rings is 1. The quantitative estimate of drug-likeness (QED) is 0.453. The lowest BCUT2D eigenvalue weighted by Gasteiger charge is -2.09. The topological polar surface area (TPSA) is 84.5 Å². The van der Waals surface area contributed by atoms with Gasteiger partial charge >= 0.3 is 5.97 Å². The number of rotatable bonds is 9. The number of carbonyl (C=O) groups is 3. The molecule has 2 amide bonds. The Kier molecular flexibility index (Phi) is 8.46. The molecule has 0 radical (unpaired) electrons. The molecule has 0 spiro atoms. The Hall–Kier alpha value is -2.81. The van der Waals surface area contributed by atoms with Crippen molar-refractivity contribution in [3.05, 3.63) is 51.4 Å². The summed E-state index contributed by atoms with van der Waals surface area (Å²) in [6.07, 6.45) is 1.03. The van der Waals surface area contributed by atoms with E-state index in [9.17, 15) is 23.2 Å². The van der Waals surface area contributed by atoms with E-state index in [1.807, 2.05) is 13.8 Å². The number of nitrogens with one attached hydrogen (secondary N) is 2. The molecular weight excluding hydrogens is 414 g/mol. The van der Waals surface area contributed by atoms with Crippen molar-refractivity contribution in [3.63, 3.8) is 0 Å². The molecule has 2 rings (SSSR count). The second-order valence-corrected chi connectivity index (χ2v) is 7.67. The van der Waals surface area contributed by atoms with E-state index in [4.69, 9.17) is 4.74 Å². The molecular formula is C21H24F2N2O4S. The largest absolute Gasteiger partial charge is 0.462 e. The van der Waals surface area contributed by atoms with Crippen molar-refractivity contribution >= 4 is 34.1 Å². The van der Waals surface area contributed by atoms with Crippen molar-refractivity contribution in [1.29, 1.82) is 0 Å². The Labute approximate surface area is 177 Å². The first-order valence-corrected chi connectivity index (χ1v) is 10.4. The first kappa shape index (κ1) is 23.5. The molecule has 9 heteroatoms. The average molecular weight is 438 g/mol. The summed E-state index contributed by atoms with van der Waals surface area (Å²) in [6, 6.07) is 2.70. The van der Waals surface area contributed by atoms with Crippen molar-refractivity contribution in [2.45, 2.75) is 40.0 Å². The Morgan fingerprint density at radius 2 is 1.90 bits per heavy atom. The zero-order chi connectivity index (χ0) is 22.3. The monoisotopic (exact) mass is 438 g/mol. The van der Waals surface area contributed by atoms with Gasteiger partial charge in [-0.15, -0.1) is 11.3 Å². The van der Waals surface area contributed by atoms with Gasteiger partial charge in [-0.2, -0.15) is 0 Å².